The van der Waals surface area contributed by atoms with E-state index in [1.807, 2.05) is 95.2 Å². The van der Waals surface area contributed by atoms with Crippen molar-refractivity contribution < 1.29 is 4.79 Å². The first-order valence-corrected chi connectivity index (χ1v) is 10.8. The Bertz CT molecular complexity index is 1180. The maximum absolute atomic E-state index is 13.3. The van der Waals surface area contributed by atoms with E-state index in [1.165, 1.54) is 0 Å². The summed E-state index contributed by atoms with van der Waals surface area (Å²) in [4.78, 5) is 22.9. The fourth-order valence-corrected chi connectivity index (χ4v) is 4.03. The highest BCUT2D eigenvalue weighted by molar-refractivity contribution is 6.19. The van der Waals surface area contributed by atoms with Crippen LogP contribution in [-0.2, 0) is 4.79 Å². The number of hydrogen-bond acceptors (Lipinski definition) is 5. The van der Waals surface area contributed by atoms with Gasteiger partial charge in [-0.2, -0.15) is 0 Å². The summed E-state index contributed by atoms with van der Waals surface area (Å²) in [5.41, 5.74) is 5.40. The number of carbonyl (C=O) groups excluding carboxylic acids is 1. The molecule has 0 saturated heterocycles. The van der Waals surface area contributed by atoms with E-state index in [9.17, 15) is 4.79 Å². The van der Waals surface area contributed by atoms with Crippen LogP contribution >= 0.6 is 0 Å². The number of aliphatic imine (C=N–C) groups is 1. The van der Waals surface area contributed by atoms with Crippen LogP contribution in [0.4, 0.5) is 11.4 Å². The molecule has 160 valence electrons. The van der Waals surface area contributed by atoms with Gasteiger partial charge in [-0.15, -0.1) is 0 Å². The Balaban J connectivity index is 1.56. The highest BCUT2D eigenvalue weighted by atomic mass is 16.2. The second-order valence-corrected chi connectivity index (χ2v) is 8.20. The summed E-state index contributed by atoms with van der Waals surface area (Å²) in [5, 5.41) is 6.99. The summed E-state index contributed by atoms with van der Waals surface area (Å²) >= 11 is 0. The molecule has 1 N–H and O–H groups in total. The topological polar surface area (TPSA) is 60.8 Å². The number of aromatic nitrogens is 1. The Hall–Kier alpha value is -3.93. The van der Waals surface area contributed by atoms with Crippen LogP contribution in [0, 0.1) is 0 Å². The van der Waals surface area contributed by atoms with E-state index in [2.05, 4.69) is 24.1 Å². The minimum Gasteiger partial charge on any atom is -0.322 e. The Morgan fingerprint density at radius 2 is 1.78 bits per heavy atom. The zero-order valence-corrected chi connectivity index (χ0v) is 18.1. The molecule has 3 heterocycles. The highest BCUT2D eigenvalue weighted by Gasteiger charge is 2.34. The monoisotopic (exact) mass is 423 g/mol. The summed E-state index contributed by atoms with van der Waals surface area (Å²) in [5.74, 6) is 0.188. The highest BCUT2D eigenvalue weighted by Crippen LogP contribution is 2.29. The molecule has 32 heavy (non-hydrogen) atoms. The van der Waals surface area contributed by atoms with E-state index < -0.39 is 6.17 Å². The van der Waals surface area contributed by atoms with Crippen LogP contribution in [0.2, 0.25) is 0 Å². The van der Waals surface area contributed by atoms with Crippen LogP contribution < -0.4 is 10.3 Å². The van der Waals surface area contributed by atoms with Crippen molar-refractivity contribution in [3.8, 4) is 0 Å². The number of nitrogens with one attached hydrogen (secondary N) is 1. The number of benzene rings is 2. The van der Waals surface area contributed by atoms with Gasteiger partial charge in [-0.25, -0.2) is 4.99 Å². The maximum atomic E-state index is 13.3. The SMILES string of the molecule is CC(C)c1ccc(N2CC=CN2[C@@H]2N=C(c3ccccc3)c3ccccc3NC2=O)cn1. The Labute approximate surface area is 187 Å². The fraction of sp³-hybridized carbons (Fsp3) is 0.192. The van der Waals surface area contributed by atoms with E-state index in [0.717, 1.165) is 33.9 Å². The van der Waals surface area contributed by atoms with Crippen LogP contribution in [0.25, 0.3) is 0 Å². The van der Waals surface area contributed by atoms with Crippen molar-refractivity contribution in [3.63, 3.8) is 0 Å². The molecule has 6 nitrogen and oxygen atoms in total. The Kier molecular flexibility index (Phi) is 5.19. The van der Waals surface area contributed by atoms with Crippen molar-refractivity contribution in [3.05, 3.63) is 102 Å². The molecule has 5 rings (SSSR count). The molecule has 6 heteroatoms. The number of hydrogen-bond donors (Lipinski definition) is 1. The zero-order chi connectivity index (χ0) is 22.1. The molecule has 0 bridgehead atoms. The lowest BCUT2D eigenvalue weighted by atomic mass is 10.0. The van der Waals surface area contributed by atoms with E-state index in [0.29, 0.717) is 12.5 Å². The second-order valence-electron chi connectivity index (χ2n) is 8.20. The number of fused-ring (bicyclic) bond motifs is 1. The predicted octanol–water partition coefficient (Wildman–Crippen LogP) is 4.57. The normalized spacial score (nSPS) is 17.8. The molecule has 1 aromatic heterocycles. The molecule has 0 unspecified atom stereocenters. The molecule has 0 spiro atoms. The van der Waals surface area contributed by atoms with E-state index in [1.54, 1.807) is 0 Å². The molecule has 0 radical (unpaired) electrons. The number of pyridine rings is 1. The van der Waals surface area contributed by atoms with Gasteiger partial charge < -0.3 is 5.32 Å². The van der Waals surface area contributed by atoms with Gasteiger partial charge in [0.2, 0.25) is 6.17 Å². The van der Waals surface area contributed by atoms with Gasteiger partial charge in [0.1, 0.15) is 0 Å². The van der Waals surface area contributed by atoms with Crippen LogP contribution in [0.5, 0.6) is 0 Å². The summed E-state index contributed by atoms with van der Waals surface area (Å²) < 4.78 is 0. The third-order valence-electron chi connectivity index (χ3n) is 5.70. The lowest BCUT2D eigenvalue weighted by Gasteiger charge is -2.34. The van der Waals surface area contributed by atoms with Crippen LogP contribution in [0.3, 0.4) is 0 Å². The number of rotatable bonds is 4. The van der Waals surface area contributed by atoms with Crippen LogP contribution in [0.15, 0.2) is 90.2 Å². The van der Waals surface area contributed by atoms with Gasteiger partial charge in [0.25, 0.3) is 5.91 Å². The fourth-order valence-electron chi connectivity index (χ4n) is 4.03. The quantitative estimate of drug-likeness (QED) is 0.668. The van der Waals surface area contributed by atoms with Crippen molar-refractivity contribution in [1.82, 2.24) is 9.99 Å². The van der Waals surface area contributed by atoms with Crippen LogP contribution in [-0.4, -0.2) is 34.3 Å². The largest absolute Gasteiger partial charge is 0.322 e. The van der Waals surface area contributed by atoms with Gasteiger partial charge in [-0.1, -0.05) is 62.4 Å². The van der Waals surface area contributed by atoms with Gasteiger partial charge in [-0.05, 0) is 30.2 Å². The number of amides is 1. The molecule has 1 atom stereocenters. The molecule has 0 fully saturated rings. The lowest BCUT2D eigenvalue weighted by molar-refractivity contribution is -0.120. The molecule has 0 saturated carbocycles. The summed E-state index contributed by atoms with van der Waals surface area (Å²) in [6.07, 6.45) is 5.06. The van der Waals surface area contributed by atoms with Gasteiger partial charge in [0.05, 0.1) is 29.8 Å². The van der Waals surface area contributed by atoms with E-state index >= 15 is 0 Å². The Morgan fingerprint density at radius 3 is 2.53 bits per heavy atom. The van der Waals surface area contributed by atoms with Crippen molar-refractivity contribution in [2.24, 2.45) is 4.99 Å². The summed E-state index contributed by atoms with van der Waals surface area (Å²) in [6, 6.07) is 21.9. The number of benzodiazepines with no additional fused rings is 1. The first-order chi connectivity index (χ1) is 15.6. The van der Waals surface area contributed by atoms with Gasteiger partial charge in [-0.3, -0.25) is 19.8 Å². The maximum Gasteiger partial charge on any atom is 0.271 e. The predicted molar refractivity (Wildman–Crippen MR) is 128 cm³/mol. The molecule has 3 aromatic rings. The van der Waals surface area contributed by atoms with Gasteiger partial charge >= 0.3 is 0 Å². The second kappa shape index (κ2) is 8.30. The summed E-state index contributed by atoms with van der Waals surface area (Å²) in [6.45, 7) is 4.90. The molecule has 2 aliphatic heterocycles. The first-order valence-electron chi connectivity index (χ1n) is 10.8. The average Bonchev–Trinajstić information content (AvgIpc) is 3.25. The molecular weight excluding hydrogens is 398 g/mol. The molecular formula is C26H25N5O. The van der Waals surface area contributed by atoms with E-state index in [-0.39, 0.29) is 5.91 Å². The number of anilines is 2. The first kappa shape index (κ1) is 20.0. The van der Waals surface area contributed by atoms with Crippen molar-refractivity contribution >= 4 is 23.0 Å². The van der Waals surface area contributed by atoms with Crippen molar-refractivity contribution in [2.45, 2.75) is 25.9 Å². The van der Waals surface area contributed by atoms with Crippen molar-refractivity contribution in [1.29, 1.82) is 0 Å². The number of hydrazine groups is 1. The molecule has 2 aliphatic rings. The number of carbonyl (C=O) groups is 1. The molecule has 0 aliphatic carbocycles. The zero-order valence-electron chi connectivity index (χ0n) is 18.1. The minimum absolute atomic E-state index is 0.174. The standard InChI is InChI=1S/C26H25N5O/c1-18(2)22-14-13-20(17-27-22)30-15-8-16-31(30)25-26(32)28-23-12-7-6-11-21(23)24(29-25)19-9-4-3-5-10-19/h3-14,16-18,25H,15H2,1-2H3,(H,28,32)/t25-/m0/s1. The average molecular weight is 424 g/mol. The summed E-state index contributed by atoms with van der Waals surface area (Å²) in [7, 11) is 0. The number of nitrogens with zero attached hydrogens (tertiary/aromatic N) is 4. The smallest absolute Gasteiger partial charge is 0.271 e. The molecule has 1 amide bonds. The van der Waals surface area contributed by atoms with E-state index in [4.69, 9.17) is 4.99 Å². The van der Waals surface area contributed by atoms with Crippen LogP contribution in [0.1, 0.15) is 36.6 Å². The number of para-hydroxylation sites is 1. The van der Waals surface area contributed by atoms with Gasteiger partial charge in [0.15, 0.2) is 0 Å². The lowest BCUT2D eigenvalue weighted by Crippen LogP contribution is -2.47. The Morgan fingerprint density at radius 1 is 1.00 bits per heavy atom. The molecule has 2 aromatic carbocycles. The van der Waals surface area contributed by atoms with Gasteiger partial charge in [0, 0.05) is 23.0 Å². The minimum atomic E-state index is -0.749. The third-order valence-corrected chi connectivity index (χ3v) is 5.70. The van der Waals surface area contributed by atoms with Crippen molar-refractivity contribution in [2.75, 3.05) is 16.9 Å². The third kappa shape index (κ3) is 3.64.